The lowest BCUT2D eigenvalue weighted by Crippen LogP contribution is -2.37. The Balaban J connectivity index is 2.09. The van der Waals surface area contributed by atoms with Crippen molar-refractivity contribution in [2.75, 3.05) is 5.75 Å². The Labute approximate surface area is 123 Å². The van der Waals surface area contributed by atoms with E-state index >= 15 is 0 Å². The van der Waals surface area contributed by atoms with Crippen molar-refractivity contribution in [2.45, 2.75) is 23.3 Å². The molecule has 2 aromatic carbocycles. The highest BCUT2D eigenvalue weighted by Crippen LogP contribution is 2.39. The van der Waals surface area contributed by atoms with E-state index in [0.717, 1.165) is 0 Å². The van der Waals surface area contributed by atoms with E-state index in [1.165, 1.54) is 12.1 Å². The number of hydrogen-bond donors (Lipinski definition) is 1. The van der Waals surface area contributed by atoms with Crippen LogP contribution in [0.25, 0.3) is 0 Å². The van der Waals surface area contributed by atoms with E-state index in [2.05, 4.69) is 0 Å². The van der Waals surface area contributed by atoms with Gasteiger partial charge in [0, 0.05) is 12.0 Å². The first-order valence-corrected chi connectivity index (χ1v) is 8.36. The number of hydrogen-bond acceptors (Lipinski definition) is 3. The fraction of sp³-hybridized carbons (Fsp3) is 0.250. The summed E-state index contributed by atoms with van der Waals surface area (Å²) in [5.74, 6) is -0.522. The molecule has 3 rings (SSSR count). The van der Waals surface area contributed by atoms with Crippen molar-refractivity contribution in [3.8, 4) is 0 Å². The Morgan fingerprint density at radius 1 is 1.10 bits per heavy atom. The molecule has 1 aliphatic heterocycles. The van der Waals surface area contributed by atoms with Gasteiger partial charge < -0.3 is 5.11 Å². The molecule has 1 N–H and O–H groups in total. The van der Waals surface area contributed by atoms with Gasteiger partial charge in [-0.3, -0.25) is 0 Å². The molecule has 0 saturated carbocycles. The van der Waals surface area contributed by atoms with Crippen molar-refractivity contribution in [3.63, 3.8) is 0 Å². The Kier molecular flexibility index (Phi) is 3.34. The number of fused-ring (bicyclic) bond motifs is 1. The SMILES string of the molecule is O=S1(=O)CCC(O)(Cc2ccccc2F)c2ccccc21. The first kappa shape index (κ1) is 14.2. The normalized spacial score (nSPS) is 23.5. The molecule has 0 aliphatic carbocycles. The van der Waals surface area contributed by atoms with Crippen LogP contribution in [0.4, 0.5) is 4.39 Å². The van der Waals surface area contributed by atoms with Crippen LogP contribution in [0.5, 0.6) is 0 Å². The van der Waals surface area contributed by atoms with Gasteiger partial charge in [0.25, 0.3) is 0 Å². The van der Waals surface area contributed by atoms with E-state index in [0.29, 0.717) is 11.1 Å². The first-order valence-electron chi connectivity index (χ1n) is 6.70. The van der Waals surface area contributed by atoms with Crippen molar-refractivity contribution in [1.29, 1.82) is 0 Å². The molecule has 0 saturated heterocycles. The summed E-state index contributed by atoms with van der Waals surface area (Å²) in [6.07, 6.45) is 0.132. The van der Waals surface area contributed by atoms with Crippen molar-refractivity contribution in [3.05, 3.63) is 65.5 Å². The smallest absolute Gasteiger partial charge is 0.178 e. The van der Waals surface area contributed by atoms with Crippen LogP contribution in [0, 0.1) is 5.82 Å². The molecule has 0 bridgehead atoms. The summed E-state index contributed by atoms with van der Waals surface area (Å²) in [6.45, 7) is 0. The minimum atomic E-state index is -3.37. The highest BCUT2D eigenvalue weighted by molar-refractivity contribution is 7.91. The number of benzene rings is 2. The monoisotopic (exact) mass is 306 g/mol. The zero-order valence-corrected chi connectivity index (χ0v) is 12.1. The van der Waals surface area contributed by atoms with E-state index in [-0.39, 0.29) is 23.5 Å². The molecule has 1 aliphatic rings. The summed E-state index contributed by atoms with van der Waals surface area (Å²) >= 11 is 0. The summed E-state index contributed by atoms with van der Waals surface area (Å²) in [4.78, 5) is 0.148. The molecule has 21 heavy (non-hydrogen) atoms. The lowest BCUT2D eigenvalue weighted by Gasteiger charge is -2.34. The summed E-state index contributed by atoms with van der Waals surface area (Å²) in [5, 5.41) is 10.9. The second-order valence-electron chi connectivity index (χ2n) is 5.36. The predicted molar refractivity (Wildman–Crippen MR) is 77.1 cm³/mol. The predicted octanol–water partition coefficient (Wildman–Crippen LogP) is 2.43. The van der Waals surface area contributed by atoms with Crippen LogP contribution in [0.15, 0.2) is 53.4 Å². The topological polar surface area (TPSA) is 54.4 Å². The maximum Gasteiger partial charge on any atom is 0.178 e. The fourth-order valence-corrected chi connectivity index (χ4v) is 4.52. The van der Waals surface area contributed by atoms with Gasteiger partial charge in [-0.2, -0.15) is 0 Å². The molecule has 0 spiro atoms. The van der Waals surface area contributed by atoms with E-state index in [9.17, 15) is 17.9 Å². The third-order valence-corrected chi connectivity index (χ3v) is 5.72. The molecular weight excluding hydrogens is 291 g/mol. The second kappa shape index (κ2) is 4.93. The second-order valence-corrected chi connectivity index (χ2v) is 7.44. The standard InChI is InChI=1S/C16H15FO3S/c17-14-7-3-1-5-12(14)11-16(18)9-10-21(19,20)15-8-4-2-6-13(15)16/h1-8,18H,9-11H2. The van der Waals surface area contributed by atoms with E-state index in [4.69, 9.17) is 0 Å². The van der Waals surface area contributed by atoms with Crippen molar-refractivity contribution < 1.29 is 17.9 Å². The largest absolute Gasteiger partial charge is 0.385 e. The highest BCUT2D eigenvalue weighted by Gasteiger charge is 2.40. The quantitative estimate of drug-likeness (QED) is 0.927. The van der Waals surface area contributed by atoms with Crippen molar-refractivity contribution >= 4 is 9.84 Å². The summed E-state index contributed by atoms with van der Waals surface area (Å²) in [5.41, 5.74) is -0.613. The molecule has 110 valence electrons. The maximum absolute atomic E-state index is 13.8. The van der Waals surface area contributed by atoms with Crippen LogP contribution >= 0.6 is 0 Å². The molecule has 1 atom stereocenters. The Hall–Kier alpha value is -1.72. The summed E-state index contributed by atoms with van der Waals surface area (Å²) in [6, 6.07) is 12.7. The maximum atomic E-state index is 13.8. The van der Waals surface area contributed by atoms with Crippen LogP contribution in [-0.4, -0.2) is 19.3 Å². The van der Waals surface area contributed by atoms with Crippen LogP contribution in [-0.2, 0) is 21.9 Å². The number of rotatable bonds is 2. The molecule has 1 heterocycles. The molecule has 3 nitrogen and oxygen atoms in total. The van der Waals surface area contributed by atoms with Gasteiger partial charge in [-0.1, -0.05) is 36.4 Å². The van der Waals surface area contributed by atoms with Gasteiger partial charge in [-0.25, -0.2) is 12.8 Å². The molecule has 0 fully saturated rings. The van der Waals surface area contributed by atoms with Gasteiger partial charge in [-0.05, 0) is 24.1 Å². The third-order valence-electron chi connectivity index (χ3n) is 3.95. The summed E-state index contributed by atoms with van der Waals surface area (Å²) < 4.78 is 38.0. The first-order chi connectivity index (χ1) is 9.92. The average Bonchev–Trinajstić information content (AvgIpc) is 2.47. The fourth-order valence-electron chi connectivity index (χ4n) is 2.81. The zero-order valence-electron chi connectivity index (χ0n) is 11.3. The molecule has 0 radical (unpaired) electrons. The number of aliphatic hydroxyl groups is 1. The van der Waals surface area contributed by atoms with Crippen molar-refractivity contribution in [2.24, 2.45) is 0 Å². The molecule has 1 unspecified atom stereocenters. The van der Waals surface area contributed by atoms with E-state index in [1.807, 2.05) is 0 Å². The average molecular weight is 306 g/mol. The molecular formula is C16H15FO3S. The van der Waals surface area contributed by atoms with E-state index < -0.39 is 21.3 Å². The summed E-state index contributed by atoms with van der Waals surface area (Å²) in [7, 11) is -3.37. The Bertz CT molecular complexity index is 786. The number of sulfone groups is 1. The molecule has 0 aromatic heterocycles. The van der Waals surface area contributed by atoms with Crippen LogP contribution in [0.1, 0.15) is 17.5 Å². The van der Waals surface area contributed by atoms with Gasteiger partial charge >= 0.3 is 0 Å². The van der Waals surface area contributed by atoms with Crippen molar-refractivity contribution in [1.82, 2.24) is 0 Å². The van der Waals surface area contributed by atoms with Gasteiger partial charge in [0.2, 0.25) is 0 Å². The minimum absolute atomic E-state index is 0.0617. The Morgan fingerprint density at radius 3 is 2.52 bits per heavy atom. The molecule has 5 heteroatoms. The lowest BCUT2D eigenvalue weighted by atomic mass is 9.84. The molecule has 2 aromatic rings. The number of halogens is 1. The van der Waals surface area contributed by atoms with E-state index in [1.54, 1.807) is 36.4 Å². The van der Waals surface area contributed by atoms with Crippen LogP contribution in [0.2, 0.25) is 0 Å². The van der Waals surface area contributed by atoms with Crippen LogP contribution < -0.4 is 0 Å². The highest BCUT2D eigenvalue weighted by atomic mass is 32.2. The molecule has 0 amide bonds. The lowest BCUT2D eigenvalue weighted by molar-refractivity contribution is 0.0275. The minimum Gasteiger partial charge on any atom is -0.385 e. The van der Waals surface area contributed by atoms with Crippen LogP contribution in [0.3, 0.4) is 0 Å². The van der Waals surface area contributed by atoms with Gasteiger partial charge in [0.15, 0.2) is 9.84 Å². The van der Waals surface area contributed by atoms with Gasteiger partial charge in [0.05, 0.1) is 16.2 Å². The Morgan fingerprint density at radius 2 is 1.76 bits per heavy atom. The third kappa shape index (κ3) is 2.47. The van der Waals surface area contributed by atoms with Gasteiger partial charge in [-0.15, -0.1) is 0 Å². The zero-order chi connectivity index (χ0) is 15.1. The van der Waals surface area contributed by atoms with Gasteiger partial charge in [0.1, 0.15) is 5.82 Å².